The van der Waals surface area contributed by atoms with Crippen LogP contribution in [0.4, 0.5) is 5.82 Å². The number of amides is 2. The molecule has 0 unspecified atom stereocenters. The van der Waals surface area contributed by atoms with Crippen LogP contribution in [-0.2, 0) is 9.59 Å². The van der Waals surface area contributed by atoms with E-state index in [0.717, 1.165) is 45.1 Å². The Morgan fingerprint density at radius 1 is 0.963 bits per heavy atom. The fourth-order valence-electron chi connectivity index (χ4n) is 4.30. The van der Waals surface area contributed by atoms with E-state index in [0.29, 0.717) is 31.1 Å². The first-order chi connectivity index (χ1) is 13.0. The molecule has 0 aliphatic carbocycles. The topological polar surface area (TPSA) is 56.8 Å². The Labute approximate surface area is 162 Å². The predicted molar refractivity (Wildman–Crippen MR) is 106 cm³/mol. The predicted octanol–water partition coefficient (Wildman–Crippen LogP) is 2.41. The summed E-state index contributed by atoms with van der Waals surface area (Å²) in [5.41, 5.74) is 0. The van der Waals surface area contributed by atoms with Gasteiger partial charge in [0.2, 0.25) is 11.8 Å². The first-order valence-electron chi connectivity index (χ1n) is 10.2. The van der Waals surface area contributed by atoms with E-state index in [1.165, 1.54) is 6.42 Å². The molecule has 2 atom stereocenters. The molecule has 6 heteroatoms. The zero-order valence-electron chi connectivity index (χ0n) is 16.6. The SMILES string of the molecule is C[C@H]1C[C@H](C)CN(C(=O)CCCC(=O)N2CCN(c3ccccn3)CC2)C1. The number of rotatable bonds is 5. The van der Waals surface area contributed by atoms with Gasteiger partial charge in [-0.05, 0) is 36.8 Å². The number of carbonyl (C=O) groups is 2. The van der Waals surface area contributed by atoms with Crippen molar-refractivity contribution in [1.29, 1.82) is 0 Å². The lowest BCUT2D eigenvalue weighted by Gasteiger charge is -2.36. The molecule has 2 saturated heterocycles. The maximum absolute atomic E-state index is 12.5. The standard InChI is InChI=1S/C21H32N4O2/c1-17-14-18(2)16-25(15-17)21(27)8-5-7-20(26)24-12-10-23(11-13-24)19-6-3-4-9-22-19/h3-4,6,9,17-18H,5,7-8,10-16H2,1-2H3/t17-,18-/m0/s1. The van der Waals surface area contributed by atoms with E-state index >= 15 is 0 Å². The second kappa shape index (κ2) is 9.20. The number of piperazine rings is 1. The van der Waals surface area contributed by atoms with Crippen LogP contribution in [0, 0.1) is 11.8 Å². The van der Waals surface area contributed by atoms with Crippen LogP contribution in [0.3, 0.4) is 0 Å². The molecule has 3 heterocycles. The van der Waals surface area contributed by atoms with Gasteiger partial charge in [0.25, 0.3) is 0 Å². The number of carbonyl (C=O) groups excluding carboxylic acids is 2. The summed E-state index contributed by atoms with van der Waals surface area (Å²) in [7, 11) is 0. The van der Waals surface area contributed by atoms with Gasteiger partial charge < -0.3 is 14.7 Å². The summed E-state index contributed by atoms with van der Waals surface area (Å²) in [5.74, 6) is 2.51. The number of likely N-dealkylation sites (tertiary alicyclic amines) is 1. The van der Waals surface area contributed by atoms with Crippen molar-refractivity contribution >= 4 is 17.6 Å². The summed E-state index contributed by atoms with van der Waals surface area (Å²) in [6.07, 6.45) is 4.60. The first-order valence-corrected chi connectivity index (χ1v) is 10.2. The first kappa shape index (κ1) is 19.6. The minimum absolute atomic E-state index is 0.170. The molecule has 0 N–H and O–H groups in total. The maximum Gasteiger partial charge on any atom is 0.222 e. The molecule has 0 aromatic carbocycles. The van der Waals surface area contributed by atoms with Crippen molar-refractivity contribution in [2.75, 3.05) is 44.2 Å². The Hall–Kier alpha value is -2.11. The Balaban J connectivity index is 1.37. The minimum Gasteiger partial charge on any atom is -0.353 e. The van der Waals surface area contributed by atoms with Crippen molar-refractivity contribution in [1.82, 2.24) is 14.8 Å². The summed E-state index contributed by atoms with van der Waals surface area (Å²) < 4.78 is 0. The molecule has 0 bridgehead atoms. The van der Waals surface area contributed by atoms with Gasteiger partial charge in [-0.1, -0.05) is 19.9 Å². The molecule has 3 rings (SSSR count). The molecule has 0 spiro atoms. The monoisotopic (exact) mass is 372 g/mol. The van der Waals surface area contributed by atoms with Crippen molar-refractivity contribution < 1.29 is 9.59 Å². The van der Waals surface area contributed by atoms with Crippen molar-refractivity contribution in [2.24, 2.45) is 11.8 Å². The third kappa shape index (κ3) is 5.44. The third-order valence-corrected chi connectivity index (χ3v) is 5.61. The van der Waals surface area contributed by atoms with Crippen LogP contribution in [-0.4, -0.2) is 65.9 Å². The lowest BCUT2D eigenvalue weighted by atomic mass is 9.91. The largest absolute Gasteiger partial charge is 0.353 e. The highest BCUT2D eigenvalue weighted by Crippen LogP contribution is 2.22. The summed E-state index contributed by atoms with van der Waals surface area (Å²) >= 11 is 0. The number of anilines is 1. The van der Waals surface area contributed by atoms with Crippen molar-refractivity contribution in [3.05, 3.63) is 24.4 Å². The number of piperidine rings is 1. The zero-order chi connectivity index (χ0) is 19.2. The van der Waals surface area contributed by atoms with Crippen LogP contribution in [0.25, 0.3) is 0 Å². The molecule has 1 aromatic rings. The van der Waals surface area contributed by atoms with E-state index in [4.69, 9.17) is 0 Å². The fourth-order valence-corrected chi connectivity index (χ4v) is 4.30. The number of pyridine rings is 1. The smallest absolute Gasteiger partial charge is 0.222 e. The van der Waals surface area contributed by atoms with Crippen LogP contribution in [0.1, 0.15) is 39.5 Å². The average molecular weight is 373 g/mol. The van der Waals surface area contributed by atoms with Gasteiger partial charge in [0.15, 0.2) is 0 Å². The van der Waals surface area contributed by atoms with Crippen LogP contribution in [0.5, 0.6) is 0 Å². The van der Waals surface area contributed by atoms with E-state index in [1.807, 2.05) is 28.0 Å². The quantitative estimate of drug-likeness (QED) is 0.796. The van der Waals surface area contributed by atoms with Gasteiger partial charge in [-0.2, -0.15) is 0 Å². The van der Waals surface area contributed by atoms with Crippen molar-refractivity contribution in [3.8, 4) is 0 Å². The van der Waals surface area contributed by atoms with Crippen LogP contribution in [0.2, 0.25) is 0 Å². The van der Waals surface area contributed by atoms with Gasteiger partial charge in [0.05, 0.1) is 0 Å². The lowest BCUT2D eigenvalue weighted by Crippen LogP contribution is -2.49. The van der Waals surface area contributed by atoms with Crippen molar-refractivity contribution in [3.63, 3.8) is 0 Å². The molecule has 2 aliphatic rings. The second-order valence-electron chi connectivity index (χ2n) is 8.15. The molecule has 6 nitrogen and oxygen atoms in total. The van der Waals surface area contributed by atoms with E-state index in [2.05, 4.69) is 23.7 Å². The van der Waals surface area contributed by atoms with Gasteiger partial charge in [-0.15, -0.1) is 0 Å². The summed E-state index contributed by atoms with van der Waals surface area (Å²) in [6, 6.07) is 5.90. The van der Waals surface area contributed by atoms with Gasteiger partial charge in [0, 0.05) is 58.3 Å². The molecule has 0 radical (unpaired) electrons. The summed E-state index contributed by atoms with van der Waals surface area (Å²) in [6.45, 7) is 9.23. The van der Waals surface area contributed by atoms with Crippen LogP contribution >= 0.6 is 0 Å². The highest BCUT2D eigenvalue weighted by atomic mass is 16.2. The number of hydrogen-bond donors (Lipinski definition) is 0. The molecular weight excluding hydrogens is 340 g/mol. The van der Waals surface area contributed by atoms with Crippen LogP contribution in [0.15, 0.2) is 24.4 Å². The Bertz CT molecular complexity index is 618. The van der Waals surface area contributed by atoms with E-state index in [-0.39, 0.29) is 11.8 Å². The molecule has 2 amide bonds. The van der Waals surface area contributed by atoms with Gasteiger partial charge in [-0.25, -0.2) is 4.98 Å². The Morgan fingerprint density at radius 3 is 2.19 bits per heavy atom. The molecule has 2 fully saturated rings. The molecular formula is C21H32N4O2. The van der Waals surface area contributed by atoms with Gasteiger partial charge >= 0.3 is 0 Å². The van der Waals surface area contributed by atoms with Gasteiger partial charge in [-0.3, -0.25) is 9.59 Å². The van der Waals surface area contributed by atoms with Crippen LogP contribution < -0.4 is 4.90 Å². The lowest BCUT2D eigenvalue weighted by molar-refractivity contribution is -0.134. The molecule has 0 saturated carbocycles. The highest BCUT2D eigenvalue weighted by Gasteiger charge is 2.26. The van der Waals surface area contributed by atoms with Crippen molar-refractivity contribution in [2.45, 2.75) is 39.5 Å². The number of nitrogens with zero attached hydrogens (tertiary/aromatic N) is 4. The number of hydrogen-bond acceptors (Lipinski definition) is 4. The average Bonchev–Trinajstić information content (AvgIpc) is 2.68. The van der Waals surface area contributed by atoms with E-state index in [1.54, 1.807) is 6.20 Å². The number of aromatic nitrogens is 1. The molecule has 1 aromatic heterocycles. The molecule has 2 aliphatic heterocycles. The van der Waals surface area contributed by atoms with E-state index in [9.17, 15) is 9.59 Å². The molecule has 27 heavy (non-hydrogen) atoms. The molecule has 148 valence electrons. The Morgan fingerprint density at radius 2 is 1.59 bits per heavy atom. The normalized spacial score (nSPS) is 23.4. The zero-order valence-corrected chi connectivity index (χ0v) is 16.6. The fraction of sp³-hybridized carbons (Fsp3) is 0.667. The summed E-state index contributed by atoms with van der Waals surface area (Å²) in [4.78, 5) is 35.4. The second-order valence-corrected chi connectivity index (χ2v) is 8.15. The highest BCUT2D eigenvalue weighted by molar-refractivity contribution is 5.79. The third-order valence-electron chi connectivity index (χ3n) is 5.61. The van der Waals surface area contributed by atoms with E-state index < -0.39 is 0 Å². The summed E-state index contributed by atoms with van der Waals surface area (Å²) in [5, 5.41) is 0. The Kier molecular flexibility index (Phi) is 6.69. The van der Waals surface area contributed by atoms with Gasteiger partial charge in [0.1, 0.15) is 5.82 Å². The maximum atomic E-state index is 12.5. The minimum atomic E-state index is 0.170.